The Morgan fingerprint density at radius 2 is 2.14 bits per heavy atom. The van der Waals surface area contributed by atoms with Crippen molar-refractivity contribution in [2.45, 2.75) is 26.8 Å². The Morgan fingerprint density at radius 3 is 2.76 bits per heavy atom. The van der Waals surface area contributed by atoms with E-state index < -0.39 is 12.0 Å². The molecule has 1 unspecified atom stereocenters. The molecule has 112 valence electrons. The topological polar surface area (TPSA) is 75.6 Å². The van der Waals surface area contributed by atoms with Crippen molar-refractivity contribution in [3.8, 4) is 11.8 Å². The molecule has 1 atom stereocenters. The molecule has 0 aliphatic carbocycles. The zero-order chi connectivity index (χ0) is 15.8. The van der Waals surface area contributed by atoms with Gasteiger partial charge in [0.25, 0.3) is 5.91 Å². The molecular formula is C16H19NO4. The minimum absolute atomic E-state index is 0.240. The smallest absolute Gasteiger partial charge is 0.328 e. The summed E-state index contributed by atoms with van der Waals surface area (Å²) in [4.78, 5) is 23.7. The molecule has 0 saturated heterocycles. The first-order valence-electron chi connectivity index (χ1n) is 6.68. The first-order chi connectivity index (χ1) is 10.0. The third kappa shape index (κ3) is 4.62. The number of aliphatic hydroxyl groups excluding tert-OH is 1. The molecular weight excluding hydrogens is 270 g/mol. The fourth-order valence-electron chi connectivity index (χ4n) is 1.75. The van der Waals surface area contributed by atoms with E-state index in [9.17, 15) is 9.59 Å². The molecule has 5 heteroatoms. The van der Waals surface area contributed by atoms with Gasteiger partial charge in [-0.1, -0.05) is 17.9 Å². The summed E-state index contributed by atoms with van der Waals surface area (Å²) in [7, 11) is 0. The number of nitrogens with one attached hydrogen (secondary N) is 1. The van der Waals surface area contributed by atoms with Crippen LogP contribution in [0.1, 0.15) is 35.3 Å². The lowest BCUT2D eigenvalue weighted by molar-refractivity contribution is -0.144. The van der Waals surface area contributed by atoms with E-state index in [2.05, 4.69) is 17.2 Å². The average Bonchev–Trinajstić information content (AvgIpc) is 2.46. The van der Waals surface area contributed by atoms with Gasteiger partial charge in [-0.25, -0.2) is 4.79 Å². The van der Waals surface area contributed by atoms with Crippen LogP contribution in [0.3, 0.4) is 0 Å². The highest BCUT2D eigenvalue weighted by molar-refractivity contribution is 5.98. The van der Waals surface area contributed by atoms with E-state index in [-0.39, 0.29) is 19.1 Å². The summed E-state index contributed by atoms with van der Waals surface area (Å²) in [6.45, 7) is 5.08. The minimum atomic E-state index is -0.718. The highest BCUT2D eigenvalue weighted by Gasteiger charge is 2.19. The molecule has 21 heavy (non-hydrogen) atoms. The highest BCUT2D eigenvalue weighted by Crippen LogP contribution is 2.13. The summed E-state index contributed by atoms with van der Waals surface area (Å²) in [6, 6.07) is 4.41. The van der Waals surface area contributed by atoms with Crippen LogP contribution >= 0.6 is 0 Å². The van der Waals surface area contributed by atoms with E-state index in [1.54, 1.807) is 39.0 Å². The van der Waals surface area contributed by atoms with Gasteiger partial charge >= 0.3 is 5.97 Å². The van der Waals surface area contributed by atoms with Crippen molar-refractivity contribution < 1.29 is 19.4 Å². The van der Waals surface area contributed by atoms with E-state index in [1.165, 1.54) is 0 Å². The van der Waals surface area contributed by atoms with Crippen LogP contribution in [0.2, 0.25) is 0 Å². The van der Waals surface area contributed by atoms with E-state index in [0.29, 0.717) is 16.7 Å². The molecule has 0 spiro atoms. The van der Waals surface area contributed by atoms with E-state index in [4.69, 9.17) is 9.84 Å². The first kappa shape index (κ1) is 16.7. The molecule has 1 amide bonds. The van der Waals surface area contributed by atoms with E-state index >= 15 is 0 Å². The maximum atomic E-state index is 12.2. The molecule has 0 fully saturated rings. The number of benzene rings is 1. The Kier molecular flexibility index (Phi) is 6.44. The van der Waals surface area contributed by atoms with Gasteiger partial charge in [0.2, 0.25) is 0 Å². The number of rotatable bonds is 4. The summed E-state index contributed by atoms with van der Waals surface area (Å²) < 4.78 is 4.84. The summed E-state index contributed by atoms with van der Waals surface area (Å²) in [6.07, 6.45) is 0. The van der Waals surface area contributed by atoms with Gasteiger partial charge in [-0.05, 0) is 38.5 Å². The predicted octanol–water partition coefficient (Wildman–Crippen LogP) is 1.02. The summed E-state index contributed by atoms with van der Waals surface area (Å²) in [5.41, 5.74) is 1.81. The van der Waals surface area contributed by atoms with Crippen molar-refractivity contribution in [3.05, 3.63) is 34.9 Å². The van der Waals surface area contributed by atoms with Crippen LogP contribution in [0.5, 0.6) is 0 Å². The highest BCUT2D eigenvalue weighted by atomic mass is 16.5. The molecule has 0 saturated carbocycles. The molecule has 0 radical (unpaired) electrons. The van der Waals surface area contributed by atoms with Crippen LogP contribution in [-0.2, 0) is 9.53 Å². The second kappa shape index (κ2) is 8.08. The second-order valence-electron chi connectivity index (χ2n) is 4.39. The van der Waals surface area contributed by atoms with Crippen LogP contribution < -0.4 is 5.32 Å². The monoisotopic (exact) mass is 289 g/mol. The number of esters is 1. The predicted molar refractivity (Wildman–Crippen MR) is 78.7 cm³/mol. The van der Waals surface area contributed by atoms with Gasteiger partial charge in [0, 0.05) is 11.1 Å². The van der Waals surface area contributed by atoms with Gasteiger partial charge in [-0.15, -0.1) is 0 Å². The molecule has 1 aromatic rings. The van der Waals surface area contributed by atoms with Crippen molar-refractivity contribution in [1.29, 1.82) is 0 Å². The molecule has 0 aliphatic heterocycles. The number of carbonyl (C=O) groups is 2. The molecule has 0 aliphatic rings. The Labute approximate surface area is 124 Å². The normalized spacial score (nSPS) is 11.0. The molecule has 1 rings (SSSR count). The Balaban J connectivity index is 2.90. The Morgan fingerprint density at radius 1 is 1.43 bits per heavy atom. The largest absolute Gasteiger partial charge is 0.464 e. The lowest BCUT2D eigenvalue weighted by Gasteiger charge is -2.14. The minimum Gasteiger partial charge on any atom is -0.464 e. The maximum absolute atomic E-state index is 12.2. The van der Waals surface area contributed by atoms with Gasteiger partial charge in [0.1, 0.15) is 12.6 Å². The third-order valence-corrected chi connectivity index (χ3v) is 2.87. The summed E-state index contributed by atoms with van der Waals surface area (Å²) in [5, 5.41) is 11.3. The van der Waals surface area contributed by atoms with Crippen molar-refractivity contribution in [1.82, 2.24) is 5.32 Å². The van der Waals surface area contributed by atoms with Crippen LogP contribution in [0.4, 0.5) is 0 Å². The fourth-order valence-corrected chi connectivity index (χ4v) is 1.75. The van der Waals surface area contributed by atoms with Gasteiger partial charge in [0.15, 0.2) is 0 Å². The van der Waals surface area contributed by atoms with Gasteiger partial charge in [-0.2, -0.15) is 0 Å². The number of carbonyl (C=O) groups excluding carboxylic acids is 2. The second-order valence-corrected chi connectivity index (χ2v) is 4.39. The van der Waals surface area contributed by atoms with Crippen molar-refractivity contribution in [2.24, 2.45) is 0 Å². The lowest BCUT2D eigenvalue weighted by Crippen LogP contribution is -2.39. The molecule has 1 aromatic carbocycles. The molecule has 5 nitrogen and oxygen atoms in total. The number of aliphatic hydroxyl groups is 1. The Bertz CT molecular complexity index is 584. The Hall–Kier alpha value is -2.32. The van der Waals surface area contributed by atoms with E-state index in [0.717, 1.165) is 0 Å². The van der Waals surface area contributed by atoms with Crippen molar-refractivity contribution in [3.63, 3.8) is 0 Å². The molecule has 0 heterocycles. The van der Waals surface area contributed by atoms with Gasteiger partial charge in [-0.3, -0.25) is 4.79 Å². The maximum Gasteiger partial charge on any atom is 0.328 e. The number of hydrogen-bond donors (Lipinski definition) is 2. The third-order valence-electron chi connectivity index (χ3n) is 2.87. The van der Waals surface area contributed by atoms with Gasteiger partial charge in [0.05, 0.1) is 6.61 Å². The number of ether oxygens (including phenoxy) is 1. The summed E-state index contributed by atoms with van der Waals surface area (Å²) >= 11 is 0. The van der Waals surface area contributed by atoms with Crippen LogP contribution in [0.25, 0.3) is 0 Å². The van der Waals surface area contributed by atoms with Crippen LogP contribution in [0.15, 0.2) is 18.2 Å². The zero-order valence-corrected chi connectivity index (χ0v) is 12.4. The van der Waals surface area contributed by atoms with Crippen LogP contribution in [0, 0.1) is 18.8 Å². The fraction of sp³-hybridized carbons (Fsp3) is 0.375. The zero-order valence-electron chi connectivity index (χ0n) is 12.4. The van der Waals surface area contributed by atoms with Crippen molar-refractivity contribution in [2.75, 3.05) is 13.2 Å². The summed E-state index contributed by atoms with van der Waals surface area (Å²) in [5.74, 6) is 4.50. The number of amides is 1. The molecule has 0 bridgehead atoms. The van der Waals surface area contributed by atoms with Gasteiger partial charge < -0.3 is 15.2 Å². The van der Waals surface area contributed by atoms with E-state index in [1.807, 2.05) is 0 Å². The first-order valence-corrected chi connectivity index (χ1v) is 6.68. The standard InChI is InChI=1S/C16H19NO4/c1-4-21-16(20)12(3)17-15(19)14-9-5-7-13(11(14)2)8-6-10-18/h5,7,9,12,18H,4,10H2,1-3H3,(H,17,19). The quantitative estimate of drug-likeness (QED) is 0.641. The van der Waals surface area contributed by atoms with Crippen LogP contribution in [-0.4, -0.2) is 36.2 Å². The molecule has 0 aromatic heterocycles. The average molecular weight is 289 g/mol. The molecule has 2 N–H and O–H groups in total. The van der Waals surface area contributed by atoms with Crippen molar-refractivity contribution >= 4 is 11.9 Å². The number of hydrogen-bond acceptors (Lipinski definition) is 4. The lowest BCUT2D eigenvalue weighted by atomic mass is 10.0. The SMILES string of the molecule is CCOC(=O)C(C)NC(=O)c1cccc(C#CCO)c1C.